The van der Waals surface area contributed by atoms with Crippen LogP contribution in [-0.2, 0) is 21.8 Å². The molecule has 1 saturated heterocycles. The van der Waals surface area contributed by atoms with Gasteiger partial charge in [0, 0.05) is 15.8 Å². The first-order valence-electron chi connectivity index (χ1n) is 10.9. The van der Waals surface area contributed by atoms with E-state index in [1.807, 2.05) is 80.6 Å². The monoisotopic (exact) mass is 451 g/mol. The van der Waals surface area contributed by atoms with Crippen LogP contribution >= 0.6 is 0 Å². The van der Waals surface area contributed by atoms with Gasteiger partial charge in [-0.25, -0.2) is 12.7 Å². The van der Waals surface area contributed by atoms with Crippen LogP contribution in [0.25, 0.3) is 0 Å². The normalized spacial score (nSPS) is 22.1. The van der Waals surface area contributed by atoms with E-state index in [0.717, 1.165) is 50.6 Å². The summed E-state index contributed by atoms with van der Waals surface area (Å²) in [5, 5.41) is 0. The fourth-order valence-electron chi connectivity index (χ4n) is 3.99. The molecular formula is C26H29NO2S2. The molecule has 1 heterocycles. The van der Waals surface area contributed by atoms with E-state index in [0.29, 0.717) is 0 Å². The van der Waals surface area contributed by atoms with Crippen molar-refractivity contribution in [2.45, 2.75) is 66.8 Å². The minimum atomic E-state index is -1.27. The summed E-state index contributed by atoms with van der Waals surface area (Å²) in [6.45, 7) is 6.24. The third-order valence-electron chi connectivity index (χ3n) is 5.82. The Hall–Kier alpha value is -2.08. The largest absolute Gasteiger partial charge is 0.249 e. The molecule has 3 aromatic carbocycles. The Balaban J connectivity index is 1.67. The van der Waals surface area contributed by atoms with Crippen LogP contribution in [0.5, 0.6) is 0 Å². The molecule has 1 fully saturated rings. The average Bonchev–Trinajstić information content (AvgIpc) is 3.51. The molecule has 5 heteroatoms. The predicted octanol–water partition coefficient (Wildman–Crippen LogP) is 6.11. The predicted molar refractivity (Wildman–Crippen MR) is 128 cm³/mol. The average molecular weight is 452 g/mol. The zero-order valence-electron chi connectivity index (χ0n) is 18.3. The van der Waals surface area contributed by atoms with Crippen LogP contribution in [0, 0.1) is 13.8 Å². The molecule has 5 atom stereocenters. The lowest BCUT2D eigenvalue weighted by Crippen LogP contribution is -2.08. The highest BCUT2D eigenvalue weighted by atomic mass is 32.2. The van der Waals surface area contributed by atoms with Crippen LogP contribution in [0.3, 0.4) is 0 Å². The Morgan fingerprint density at radius 3 is 2.00 bits per heavy atom. The first-order valence-corrected chi connectivity index (χ1v) is 13.1. The van der Waals surface area contributed by atoms with E-state index in [-0.39, 0.29) is 12.1 Å². The summed E-state index contributed by atoms with van der Waals surface area (Å²) in [5.74, 6) is 0. The highest BCUT2D eigenvalue weighted by Crippen LogP contribution is 2.50. The standard InChI is InChI=1S/C26H29NO2S2/c1-4-5-9-24-26(27(24)31(29)22-17-13-20(3)14-18-22)23-8-6-7-10-25(23)30(28)21-15-11-19(2)12-16-21/h6-8,10-18,24,26H,4-5,9H2,1-3H3/t24-,26+,27?,30+,31-/m1/s1. The van der Waals surface area contributed by atoms with Gasteiger partial charge in [0.15, 0.2) is 0 Å². The van der Waals surface area contributed by atoms with E-state index < -0.39 is 21.8 Å². The van der Waals surface area contributed by atoms with Crippen LogP contribution in [0.1, 0.15) is 48.9 Å². The summed E-state index contributed by atoms with van der Waals surface area (Å²) in [6, 6.07) is 24.0. The van der Waals surface area contributed by atoms with Crippen molar-refractivity contribution in [1.82, 2.24) is 4.31 Å². The molecule has 3 nitrogen and oxygen atoms in total. The molecule has 0 spiro atoms. The lowest BCUT2D eigenvalue weighted by Gasteiger charge is -2.10. The zero-order valence-corrected chi connectivity index (χ0v) is 19.9. The van der Waals surface area contributed by atoms with Crippen LogP contribution in [0.4, 0.5) is 0 Å². The molecule has 31 heavy (non-hydrogen) atoms. The molecule has 1 aliphatic heterocycles. The van der Waals surface area contributed by atoms with Gasteiger partial charge in [0.25, 0.3) is 0 Å². The minimum Gasteiger partial charge on any atom is -0.249 e. The van der Waals surface area contributed by atoms with Crippen molar-refractivity contribution in [3.63, 3.8) is 0 Å². The van der Waals surface area contributed by atoms with Gasteiger partial charge < -0.3 is 0 Å². The fourth-order valence-corrected chi connectivity index (χ4v) is 6.71. The Morgan fingerprint density at radius 1 is 0.806 bits per heavy atom. The van der Waals surface area contributed by atoms with Crippen molar-refractivity contribution in [3.8, 4) is 0 Å². The second-order valence-electron chi connectivity index (χ2n) is 8.20. The number of unbranched alkanes of at least 4 members (excludes halogenated alkanes) is 1. The lowest BCUT2D eigenvalue weighted by atomic mass is 10.1. The van der Waals surface area contributed by atoms with Gasteiger partial charge in [-0.1, -0.05) is 73.4 Å². The second-order valence-corrected chi connectivity index (χ2v) is 11.0. The summed E-state index contributed by atoms with van der Waals surface area (Å²) in [4.78, 5) is 2.45. The third-order valence-corrected chi connectivity index (χ3v) is 8.84. The van der Waals surface area contributed by atoms with Gasteiger partial charge in [-0.3, -0.25) is 0 Å². The molecular weight excluding hydrogens is 422 g/mol. The van der Waals surface area contributed by atoms with Gasteiger partial charge >= 0.3 is 0 Å². The number of nitrogens with zero attached hydrogens (tertiary/aromatic N) is 1. The first-order chi connectivity index (χ1) is 15.0. The highest BCUT2D eigenvalue weighted by molar-refractivity contribution is 7.85. The molecule has 0 amide bonds. The quantitative estimate of drug-likeness (QED) is 0.388. The molecule has 0 aliphatic carbocycles. The van der Waals surface area contributed by atoms with E-state index in [2.05, 4.69) is 17.3 Å². The Kier molecular flexibility index (Phi) is 6.85. The van der Waals surface area contributed by atoms with Crippen molar-refractivity contribution < 1.29 is 8.42 Å². The van der Waals surface area contributed by atoms with E-state index >= 15 is 0 Å². The molecule has 0 bridgehead atoms. The molecule has 0 N–H and O–H groups in total. The molecule has 162 valence electrons. The molecule has 0 saturated carbocycles. The van der Waals surface area contributed by atoms with Crippen LogP contribution < -0.4 is 0 Å². The second kappa shape index (κ2) is 9.60. The highest BCUT2D eigenvalue weighted by Gasteiger charge is 2.52. The van der Waals surface area contributed by atoms with Crippen molar-refractivity contribution in [3.05, 3.63) is 89.5 Å². The van der Waals surface area contributed by atoms with Gasteiger partial charge in [-0.15, -0.1) is 0 Å². The topological polar surface area (TPSA) is 37.1 Å². The summed E-state index contributed by atoms with van der Waals surface area (Å²) < 4.78 is 28.9. The summed E-state index contributed by atoms with van der Waals surface area (Å²) >= 11 is 0. The molecule has 1 aliphatic rings. The van der Waals surface area contributed by atoms with E-state index in [1.54, 1.807) is 0 Å². The van der Waals surface area contributed by atoms with Crippen molar-refractivity contribution in [2.75, 3.05) is 0 Å². The lowest BCUT2D eigenvalue weighted by molar-refractivity contribution is 0.613. The molecule has 3 aromatic rings. The van der Waals surface area contributed by atoms with Crippen molar-refractivity contribution in [1.29, 1.82) is 0 Å². The third kappa shape index (κ3) is 4.74. The maximum Gasteiger partial charge on any atom is 0.128 e. The van der Waals surface area contributed by atoms with Crippen molar-refractivity contribution >= 4 is 21.8 Å². The van der Waals surface area contributed by atoms with E-state index in [1.165, 1.54) is 0 Å². The van der Waals surface area contributed by atoms with Gasteiger partial charge in [0.1, 0.15) is 11.0 Å². The van der Waals surface area contributed by atoms with Gasteiger partial charge in [-0.05, 0) is 56.2 Å². The molecule has 1 unspecified atom stereocenters. The summed E-state index contributed by atoms with van der Waals surface area (Å²) in [7, 11) is -2.50. The number of hydrogen-bond donors (Lipinski definition) is 0. The number of hydrogen-bond acceptors (Lipinski definition) is 2. The summed E-state index contributed by atoms with van der Waals surface area (Å²) in [5.41, 5.74) is 3.34. The smallest absolute Gasteiger partial charge is 0.128 e. The summed E-state index contributed by atoms with van der Waals surface area (Å²) in [6.07, 6.45) is 3.18. The maximum absolute atomic E-state index is 13.4. The van der Waals surface area contributed by atoms with Crippen molar-refractivity contribution in [2.24, 2.45) is 0 Å². The van der Waals surface area contributed by atoms with Gasteiger partial charge in [0.05, 0.1) is 21.7 Å². The first kappa shape index (κ1) is 22.1. The van der Waals surface area contributed by atoms with Crippen LogP contribution in [0.2, 0.25) is 0 Å². The molecule has 0 aromatic heterocycles. The van der Waals surface area contributed by atoms with E-state index in [4.69, 9.17) is 0 Å². The number of aryl methyl sites for hydroxylation is 2. The fraction of sp³-hybridized carbons (Fsp3) is 0.308. The van der Waals surface area contributed by atoms with Crippen LogP contribution in [0.15, 0.2) is 87.5 Å². The Labute approximate surface area is 190 Å². The van der Waals surface area contributed by atoms with E-state index in [9.17, 15) is 8.42 Å². The Morgan fingerprint density at radius 2 is 1.39 bits per heavy atom. The van der Waals surface area contributed by atoms with Gasteiger partial charge in [0.2, 0.25) is 0 Å². The maximum atomic E-state index is 13.4. The Bertz CT molecular complexity index is 1090. The zero-order chi connectivity index (χ0) is 22.0. The minimum absolute atomic E-state index is 0.0271. The molecule has 4 rings (SSSR count). The molecule has 0 radical (unpaired) electrons. The van der Waals surface area contributed by atoms with Gasteiger partial charge in [-0.2, -0.15) is 0 Å². The number of rotatable bonds is 8. The number of benzene rings is 3. The van der Waals surface area contributed by atoms with Crippen LogP contribution in [-0.4, -0.2) is 18.8 Å². The SMILES string of the molecule is CCCC[C@@H]1[C@H](c2ccccc2[S@@](=O)c2ccc(C)cc2)N1[S@](=O)c1ccc(C)cc1.